The zero-order valence-electron chi connectivity index (χ0n) is 10.3. The first-order valence-electron chi connectivity index (χ1n) is 5.60. The van der Waals surface area contributed by atoms with Crippen LogP contribution in [0.4, 0.5) is 5.69 Å². The van der Waals surface area contributed by atoms with Gasteiger partial charge in [-0.1, -0.05) is 22.0 Å². The first-order valence-corrected chi connectivity index (χ1v) is 7.18. The lowest BCUT2D eigenvalue weighted by Crippen LogP contribution is -1.97. The number of anilines is 1. The molecule has 0 saturated carbocycles. The van der Waals surface area contributed by atoms with Crippen LogP contribution in [0.1, 0.15) is 5.56 Å². The molecule has 0 amide bonds. The van der Waals surface area contributed by atoms with Crippen molar-refractivity contribution >= 4 is 37.5 Å². The molecule has 2 N–H and O–H groups in total. The molecule has 0 aromatic heterocycles. The zero-order chi connectivity index (χ0) is 13.8. The quantitative estimate of drug-likeness (QED) is 0.793. The van der Waals surface area contributed by atoms with Crippen molar-refractivity contribution in [3.8, 4) is 11.5 Å². The Bertz CT molecular complexity index is 567. The molecule has 3 nitrogen and oxygen atoms in total. The van der Waals surface area contributed by atoms with Crippen LogP contribution >= 0.6 is 31.9 Å². The molecule has 0 aliphatic heterocycles. The van der Waals surface area contributed by atoms with Gasteiger partial charge in [-0.25, -0.2) is 0 Å². The Morgan fingerprint density at radius 1 is 1.11 bits per heavy atom. The fourth-order valence-corrected chi connectivity index (χ4v) is 2.71. The van der Waals surface area contributed by atoms with Gasteiger partial charge in [0.2, 0.25) is 0 Å². The first kappa shape index (κ1) is 14.2. The van der Waals surface area contributed by atoms with Gasteiger partial charge in [-0.05, 0) is 45.8 Å². The van der Waals surface area contributed by atoms with Gasteiger partial charge in [0.05, 0.1) is 11.6 Å². The van der Waals surface area contributed by atoms with E-state index < -0.39 is 0 Å². The van der Waals surface area contributed by atoms with Gasteiger partial charge in [0, 0.05) is 16.2 Å². The van der Waals surface area contributed by atoms with Crippen molar-refractivity contribution in [2.45, 2.75) is 6.61 Å². The Morgan fingerprint density at radius 2 is 1.89 bits per heavy atom. The number of benzene rings is 2. The molecular formula is C14H13Br2NO2. The normalized spacial score (nSPS) is 10.3. The molecule has 5 heteroatoms. The molecular weight excluding hydrogens is 374 g/mol. The molecule has 0 spiro atoms. The number of nitrogens with two attached hydrogens (primary N) is 1. The number of hydrogen-bond acceptors (Lipinski definition) is 3. The number of halogens is 2. The van der Waals surface area contributed by atoms with Crippen LogP contribution in [0.25, 0.3) is 0 Å². The number of methoxy groups -OCH3 is 1. The van der Waals surface area contributed by atoms with Crippen molar-refractivity contribution < 1.29 is 9.47 Å². The summed E-state index contributed by atoms with van der Waals surface area (Å²) in [6.45, 7) is 0.471. The second-order valence-corrected chi connectivity index (χ2v) is 5.75. The van der Waals surface area contributed by atoms with Crippen LogP contribution in [0.5, 0.6) is 11.5 Å². The van der Waals surface area contributed by atoms with Crippen LogP contribution in [-0.2, 0) is 6.61 Å². The Hall–Kier alpha value is -1.20. The molecule has 2 aromatic carbocycles. The minimum absolute atomic E-state index is 0.471. The monoisotopic (exact) mass is 385 g/mol. The molecule has 2 rings (SSSR count). The van der Waals surface area contributed by atoms with Crippen molar-refractivity contribution in [2.24, 2.45) is 0 Å². The van der Waals surface area contributed by atoms with Crippen LogP contribution in [0.2, 0.25) is 0 Å². The summed E-state index contributed by atoms with van der Waals surface area (Å²) in [6, 6.07) is 11.3. The standard InChI is InChI=1S/C14H13Br2NO2/c1-18-14-3-2-9(4-13(14)16)8-19-12-6-10(15)5-11(17)7-12/h2-7H,8,17H2,1H3. The third kappa shape index (κ3) is 3.88. The van der Waals surface area contributed by atoms with E-state index in [0.29, 0.717) is 12.3 Å². The first-order chi connectivity index (χ1) is 9.08. The van der Waals surface area contributed by atoms with Crippen molar-refractivity contribution in [2.75, 3.05) is 12.8 Å². The minimum Gasteiger partial charge on any atom is -0.496 e. The summed E-state index contributed by atoms with van der Waals surface area (Å²) in [5.74, 6) is 1.54. The Morgan fingerprint density at radius 3 is 2.53 bits per heavy atom. The molecule has 0 aliphatic rings. The van der Waals surface area contributed by atoms with E-state index in [2.05, 4.69) is 31.9 Å². The Balaban J connectivity index is 2.08. The van der Waals surface area contributed by atoms with Crippen LogP contribution in [0.15, 0.2) is 45.3 Å². The summed E-state index contributed by atoms with van der Waals surface area (Å²) in [6.07, 6.45) is 0. The van der Waals surface area contributed by atoms with Crippen LogP contribution in [0.3, 0.4) is 0 Å². The van der Waals surface area contributed by atoms with Crippen LogP contribution in [0, 0.1) is 0 Å². The van der Waals surface area contributed by atoms with E-state index in [1.54, 1.807) is 13.2 Å². The lowest BCUT2D eigenvalue weighted by molar-refractivity contribution is 0.306. The number of nitrogen functional groups attached to an aromatic ring is 1. The number of ether oxygens (including phenoxy) is 2. The van der Waals surface area contributed by atoms with Crippen molar-refractivity contribution in [1.82, 2.24) is 0 Å². The van der Waals surface area contributed by atoms with Crippen LogP contribution in [-0.4, -0.2) is 7.11 Å². The molecule has 0 heterocycles. The molecule has 0 fully saturated rings. The molecule has 100 valence electrons. The van der Waals surface area contributed by atoms with E-state index in [4.69, 9.17) is 15.2 Å². The van der Waals surface area contributed by atoms with E-state index in [1.165, 1.54) is 0 Å². The highest BCUT2D eigenvalue weighted by Crippen LogP contribution is 2.27. The maximum absolute atomic E-state index is 5.76. The maximum atomic E-state index is 5.76. The Kier molecular flexibility index (Phi) is 4.71. The van der Waals surface area contributed by atoms with E-state index >= 15 is 0 Å². The average Bonchev–Trinajstić information content (AvgIpc) is 2.35. The third-order valence-corrected chi connectivity index (χ3v) is 3.59. The van der Waals surface area contributed by atoms with Gasteiger partial charge in [-0.2, -0.15) is 0 Å². The van der Waals surface area contributed by atoms with Gasteiger partial charge in [0.25, 0.3) is 0 Å². The van der Waals surface area contributed by atoms with Crippen molar-refractivity contribution in [3.63, 3.8) is 0 Å². The van der Waals surface area contributed by atoms with Gasteiger partial charge in [0.1, 0.15) is 18.1 Å². The highest BCUT2D eigenvalue weighted by atomic mass is 79.9. The second-order valence-electron chi connectivity index (χ2n) is 3.98. The summed E-state index contributed by atoms with van der Waals surface area (Å²) in [4.78, 5) is 0. The molecule has 0 unspecified atom stereocenters. The molecule has 0 saturated heterocycles. The van der Waals surface area contributed by atoms with E-state index in [-0.39, 0.29) is 0 Å². The fourth-order valence-electron chi connectivity index (χ4n) is 1.63. The lowest BCUT2D eigenvalue weighted by Gasteiger charge is -2.09. The predicted molar refractivity (Wildman–Crippen MR) is 83.6 cm³/mol. The fraction of sp³-hybridized carbons (Fsp3) is 0.143. The van der Waals surface area contributed by atoms with Gasteiger partial charge in [-0.3, -0.25) is 0 Å². The summed E-state index contributed by atoms with van der Waals surface area (Å²) < 4.78 is 12.7. The second kappa shape index (κ2) is 6.30. The van der Waals surface area contributed by atoms with Gasteiger partial charge in [0.15, 0.2) is 0 Å². The SMILES string of the molecule is COc1ccc(COc2cc(N)cc(Br)c2)cc1Br. The highest BCUT2D eigenvalue weighted by Gasteiger charge is 2.03. The molecule has 0 atom stereocenters. The molecule has 0 radical (unpaired) electrons. The summed E-state index contributed by atoms with van der Waals surface area (Å²) >= 11 is 6.83. The van der Waals surface area contributed by atoms with E-state index in [0.717, 1.165) is 26.0 Å². The van der Waals surface area contributed by atoms with Crippen LogP contribution < -0.4 is 15.2 Å². The van der Waals surface area contributed by atoms with E-state index in [1.807, 2.05) is 30.3 Å². The third-order valence-electron chi connectivity index (χ3n) is 2.52. The summed E-state index contributed by atoms with van der Waals surface area (Å²) in [5, 5.41) is 0. The number of rotatable bonds is 4. The van der Waals surface area contributed by atoms with Crippen molar-refractivity contribution in [1.29, 1.82) is 0 Å². The topological polar surface area (TPSA) is 44.5 Å². The molecule has 0 bridgehead atoms. The predicted octanol–water partition coefficient (Wildman–Crippen LogP) is 4.38. The largest absolute Gasteiger partial charge is 0.496 e. The maximum Gasteiger partial charge on any atom is 0.133 e. The lowest BCUT2D eigenvalue weighted by atomic mass is 10.2. The average molecular weight is 387 g/mol. The number of hydrogen-bond donors (Lipinski definition) is 1. The van der Waals surface area contributed by atoms with Gasteiger partial charge in [-0.15, -0.1) is 0 Å². The molecule has 19 heavy (non-hydrogen) atoms. The molecule has 0 aliphatic carbocycles. The smallest absolute Gasteiger partial charge is 0.133 e. The highest BCUT2D eigenvalue weighted by molar-refractivity contribution is 9.10. The minimum atomic E-state index is 0.471. The Labute approximate surface area is 129 Å². The van der Waals surface area contributed by atoms with Gasteiger partial charge < -0.3 is 15.2 Å². The summed E-state index contributed by atoms with van der Waals surface area (Å²) in [7, 11) is 1.64. The molecule has 2 aromatic rings. The zero-order valence-corrected chi connectivity index (χ0v) is 13.5. The van der Waals surface area contributed by atoms with Crippen molar-refractivity contribution in [3.05, 3.63) is 50.9 Å². The van der Waals surface area contributed by atoms with E-state index in [9.17, 15) is 0 Å². The van der Waals surface area contributed by atoms with Gasteiger partial charge >= 0.3 is 0 Å². The summed E-state index contributed by atoms with van der Waals surface area (Å²) in [5.41, 5.74) is 7.47.